The van der Waals surface area contributed by atoms with E-state index in [9.17, 15) is 22.8 Å². The molecule has 2 saturated carbocycles. The Morgan fingerprint density at radius 3 is 2.22 bits per heavy atom. The number of alkyl halides is 3. The summed E-state index contributed by atoms with van der Waals surface area (Å²) >= 11 is 0. The second-order valence-corrected chi connectivity index (χ2v) is 6.58. The molecule has 1 heterocycles. The molecule has 0 bridgehead atoms. The van der Waals surface area contributed by atoms with Crippen molar-refractivity contribution in [1.29, 1.82) is 0 Å². The maximum Gasteiger partial charge on any atom is 0.416 e. The Morgan fingerprint density at radius 1 is 1.13 bits per heavy atom. The number of amides is 2. The molecular formula is C16H15F3N2O2. The summed E-state index contributed by atoms with van der Waals surface area (Å²) in [6.45, 7) is 0.755. The second-order valence-electron chi connectivity index (χ2n) is 6.58. The zero-order chi connectivity index (χ0) is 16.4. The van der Waals surface area contributed by atoms with Crippen LogP contribution in [0.2, 0.25) is 0 Å². The van der Waals surface area contributed by atoms with Crippen LogP contribution in [0.5, 0.6) is 0 Å². The van der Waals surface area contributed by atoms with Gasteiger partial charge in [0, 0.05) is 18.8 Å². The highest BCUT2D eigenvalue weighted by molar-refractivity contribution is 6.00. The van der Waals surface area contributed by atoms with Crippen molar-refractivity contribution in [3.8, 4) is 0 Å². The van der Waals surface area contributed by atoms with Gasteiger partial charge in [-0.05, 0) is 43.0 Å². The van der Waals surface area contributed by atoms with Crippen molar-refractivity contribution in [1.82, 2.24) is 4.90 Å². The van der Waals surface area contributed by atoms with Crippen LogP contribution in [-0.2, 0) is 15.8 Å². The average Bonchev–Trinajstić information content (AvgIpc) is 3.35. The van der Waals surface area contributed by atoms with Gasteiger partial charge in [-0.2, -0.15) is 13.2 Å². The van der Waals surface area contributed by atoms with Crippen LogP contribution in [-0.4, -0.2) is 36.3 Å². The van der Waals surface area contributed by atoms with Crippen molar-refractivity contribution in [3.05, 3.63) is 29.8 Å². The molecule has 3 aliphatic rings. The maximum atomic E-state index is 12.6. The van der Waals surface area contributed by atoms with Crippen molar-refractivity contribution in [3.63, 3.8) is 0 Å². The predicted octanol–water partition coefficient (Wildman–Crippen LogP) is 2.29. The topological polar surface area (TPSA) is 40.6 Å². The maximum absolute atomic E-state index is 12.6. The molecule has 0 spiro atoms. The second kappa shape index (κ2) is 4.49. The fraction of sp³-hybridized carbons (Fsp3) is 0.500. The van der Waals surface area contributed by atoms with E-state index in [0.717, 1.165) is 25.0 Å². The molecule has 4 nitrogen and oxygen atoms in total. The molecule has 3 fully saturated rings. The zero-order valence-corrected chi connectivity index (χ0v) is 12.3. The van der Waals surface area contributed by atoms with E-state index >= 15 is 0 Å². The highest BCUT2D eigenvalue weighted by Crippen LogP contribution is 2.75. The standard InChI is InChI=1S/C16H15F3N2O2/c17-16(18,19)10-1-3-12(4-2-10)21-6-5-20(9-13(21)22)14(23)15-7-11(15)8-15/h1-4,11H,5-9H2. The first-order chi connectivity index (χ1) is 10.8. The normalized spacial score (nSPS) is 29.3. The molecule has 0 N–H and O–H groups in total. The molecule has 7 heteroatoms. The molecule has 1 aromatic rings. The van der Waals surface area contributed by atoms with Gasteiger partial charge in [0.25, 0.3) is 0 Å². The number of rotatable bonds is 2. The molecule has 122 valence electrons. The summed E-state index contributed by atoms with van der Waals surface area (Å²) in [6.07, 6.45) is -2.50. The van der Waals surface area contributed by atoms with Gasteiger partial charge < -0.3 is 9.80 Å². The van der Waals surface area contributed by atoms with Crippen LogP contribution in [0.3, 0.4) is 0 Å². The van der Waals surface area contributed by atoms with Crippen molar-refractivity contribution >= 4 is 17.5 Å². The summed E-state index contributed by atoms with van der Waals surface area (Å²) in [7, 11) is 0. The van der Waals surface area contributed by atoms with Crippen LogP contribution >= 0.6 is 0 Å². The molecule has 2 amide bonds. The van der Waals surface area contributed by atoms with Crippen LogP contribution in [0, 0.1) is 11.3 Å². The molecule has 2 aliphatic carbocycles. The Bertz CT molecular complexity index is 678. The minimum Gasteiger partial charge on any atom is -0.331 e. The van der Waals surface area contributed by atoms with Gasteiger partial charge in [0.05, 0.1) is 11.0 Å². The highest BCUT2D eigenvalue weighted by Gasteiger charge is 2.75. The number of halogens is 3. The van der Waals surface area contributed by atoms with E-state index in [4.69, 9.17) is 0 Å². The Balaban J connectivity index is 1.44. The van der Waals surface area contributed by atoms with Crippen molar-refractivity contribution in [2.24, 2.45) is 11.3 Å². The molecule has 0 unspecified atom stereocenters. The summed E-state index contributed by atoms with van der Waals surface area (Å²) in [5.41, 5.74) is -0.462. The summed E-state index contributed by atoms with van der Waals surface area (Å²) in [5.74, 6) is 0.347. The lowest BCUT2D eigenvalue weighted by atomic mass is 10.1. The van der Waals surface area contributed by atoms with Gasteiger partial charge in [-0.25, -0.2) is 0 Å². The first-order valence-electron chi connectivity index (χ1n) is 7.58. The lowest BCUT2D eigenvalue weighted by Gasteiger charge is -2.35. The number of hydrogen-bond donors (Lipinski definition) is 0. The Labute approximate surface area is 130 Å². The number of carbonyl (C=O) groups is 2. The third-order valence-corrected chi connectivity index (χ3v) is 5.12. The van der Waals surface area contributed by atoms with E-state index in [2.05, 4.69) is 0 Å². The molecular weight excluding hydrogens is 309 g/mol. The SMILES string of the molecule is O=C1CN(C(=O)C23CC2C3)CCN1c1ccc(C(F)(F)F)cc1. The third kappa shape index (κ3) is 2.29. The van der Waals surface area contributed by atoms with Crippen molar-refractivity contribution in [2.45, 2.75) is 19.0 Å². The van der Waals surface area contributed by atoms with Crippen LogP contribution in [0.4, 0.5) is 18.9 Å². The van der Waals surface area contributed by atoms with Crippen LogP contribution in [0.15, 0.2) is 24.3 Å². The lowest BCUT2D eigenvalue weighted by molar-refractivity contribution is -0.139. The van der Waals surface area contributed by atoms with E-state index in [1.54, 1.807) is 4.90 Å². The van der Waals surface area contributed by atoms with Crippen molar-refractivity contribution in [2.75, 3.05) is 24.5 Å². The van der Waals surface area contributed by atoms with Crippen LogP contribution in [0.1, 0.15) is 18.4 Å². The number of carbonyl (C=O) groups excluding carboxylic acids is 2. The molecule has 4 rings (SSSR count). The van der Waals surface area contributed by atoms with E-state index < -0.39 is 11.7 Å². The van der Waals surface area contributed by atoms with Crippen molar-refractivity contribution < 1.29 is 22.8 Å². The van der Waals surface area contributed by atoms with Gasteiger partial charge in [-0.3, -0.25) is 9.59 Å². The summed E-state index contributed by atoms with van der Waals surface area (Å²) in [4.78, 5) is 27.6. The van der Waals surface area contributed by atoms with Gasteiger partial charge in [0.2, 0.25) is 11.8 Å². The Kier molecular flexibility index (Phi) is 2.84. The van der Waals surface area contributed by atoms with E-state index in [0.29, 0.717) is 24.7 Å². The first-order valence-corrected chi connectivity index (χ1v) is 7.58. The highest BCUT2D eigenvalue weighted by atomic mass is 19.4. The van der Waals surface area contributed by atoms with Crippen LogP contribution in [0.25, 0.3) is 0 Å². The summed E-state index contributed by atoms with van der Waals surface area (Å²) in [6, 6.07) is 4.54. The minimum absolute atomic E-state index is 0.00826. The first kappa shape index (κ1) is 14.5. The number of piperazine rings is 1. The van der Waals surface area contributed by atoms with Crippen LogP contribution < -0.4 is 4.90 Å². The largest absolute Gasteiger partial charge is 0.416 e. The average molecular weight is 324 g/mol. The summed E-state index contributed by atoms with van der Waals surface area (Å²) in [5, 5.41) is 0. The Morgan fingerprint density at radius 2 is 1.74 bits per heavy atom. The molecule has 23 heavy (non-hydrogen) atoms. The van der Waals surface area contributed by atoms with E-state index in [1.807, 2.05) is 0 Å². The lowest BCUT2D eigenvalue weighted by Crippen LogP contribution is -2.53. The zero-order valence-electron chi connectivity index (χ0n) is 12.3. The molecule has 0 radical (unpaired) electrons. The predicted molar refractivity (Wildman–Crippen MR) is 75.5 cm³/mol. The number of nitrogens with zero attached hydrogens (tertiary/aromatic N) is 2. The number of hydrogen-bond acceptors (Lipinski definition) is 2. The van der Waals surface area contributed by atoms with Gasteiger partial charge >= 0.3 is 6.18 Å². The molecule has 0 atom stereocenters. The van der Waals surface area contributed by atoms with E-state index in [1.165, 1.54) is 17.0 Å². The number of anilines is 1. The molecule has 1 aromatic carbocycles. The van der Waals surface area contributed by atoms with Gasteiger partial charge in [-0.1, -0.05) is 0 Å². The Hall–Kier alpha value is -2.05. The monoisotopic (exact) mass is 324 g/mol. The summed E-state index contributed by atoms with van der Waals surface area (Å²) < 4.78 is 37.7. The smallest absolute Gasteiger partial charge is 0.331 e. The molecule has 0 aromatic heterocycles. The van der Waals surface area contributed by atoms with E-state index in [-0.39, 0.29) is 23.8 Å². The minimum atomic E-state index is -4.39. The molecule has 1 aliphatic heterocycles. The van der Waals surface area contributed by atoms with Gasteiger partial charge in [-0.15, -0.1) is 0 Å². The van der Waals surface area contributed by atoms with Gasteiger partial charge in [0.1, 0.15) is 6.54 Å². The van der Waals surface area contributed by atoms with Gasteiger partial charge in [0.15, 0.2) is 0 Å². The number of benzene rings is 1. The fourth-order valence-corrected chi connectivity index (χ4v) is 3.32. The fourth-order valence-electron chi connectivity index (χ4n) is 3.32. The quantitative estimate of drug-likeness (QED) is 0.837. The third-order valence-electron chi connectivity index (χ3n) is 5.12. The molecule has 1 saturated heterocycles. The number of fused-ring (bicyclic) bond motifs is 1.